The highest BCUT2D eigenvalue weighted by Crippen LogP contribution is 2.41. The van der Waals surface area contributed by atoms with Gasteiger partial charge in [-0.25, -0.2) is 8.78 Å². The van der Waals surface area contributed by atoms with Crippen molar-refractivity contribution in [3.05, 3.63) is 69.6 Å². The third kappa shape index (κ3) is 3.71. The number of likely N-dealkylation sites (N-methyl/N-ethyl adjacent to an activating group) is 1. The molecule has 0 radical (unpaired) electrons. The number of aliphatic carboxylic acids is 1. The molecule has 0 spiro atoms. The SMILES string of the molecule is CN1C=C2C(=C(C3=CCN(C4CCC(C(=O)O)CC4)CC3)C1)NN=C1C=Cc3cc(F)c(F)c2c31. The highest BCUT2D eigenvalue weighted by atomic mass is 19.2. The molecule has 3 heterocycles. The zero-order chi connectivity index (χ0) is 24.3. The van der Waals surface area contributed by atoms with Crippen LogP contribution in [0.15, 0.2) is 46.4 Å². The first-order valence-electron chi connectivity index (χ1n) is 12.3. The molecule has 2 N–H and O–H groups in total. The number of benzene rings is 1. The number of hydrogen-bond donors (Lipinski definition) is 2. The quantitative estimate of drug-likeness (QED) is 0.684. The summed E-state index contributed by atoms with van der Waals surface area (Å²) in [7, 11) is 1.95. The lowest BCUT2D eigenvalue weighted by atomic mass is 9.84. The Bertz CT molecular complexity index is 1270. The topological polar surface area (TPSA) is 68.2 Å². The van der Waals surface area contributed by atoms with Gasteiger partial charge in [-0.05, 0) is 55.4 Å². The molecule has 1 aromatic rings. The Morgan fingerprint density at radius 2 is 1.97 bits per heavy atom. The van der Waals surface area contributed by atoms with Crippen LogP contribution >= 0.6 is 0 Å². The Morgan fingerprint density at radius 3 is 2.69 bits per heavy atom. The van der Waals surface area contributed by atoms with E-state index in [0.717, 1.165) is 56.5 Å². The minimum absolute atomic E-state index is 0.209. The number of carboxylic acid groups (broad SMARTS) is 1. The number of carbonyl (C=O) groups is 1. The standard InChI is InChI=1S/C27H28F2N4O2/c1-32-13-19(15-8-10-33(11-9-15)18-5-2-16(3-6-18)27(34)35)26-20(14-32)24-23-17(12-21(28)25(24)29)4-7-22(23)30-31-26/h4,7-8,12,14,16,18,31H,2-3,5-6,9-11,13H2,1H3,(H,34,35). The smallest absolute Gasteiger partial charge is 0.306 e. The normalized spacial score (nSPS) is 25.8. The number of nitrogens with zero attached hydrogens (tertiary/aromatic N) is 3. The molecule has 6 nitrogen and oxygen atoms in total. The second-order valence-corrected chi connectivity index (χ2v) is 10.1. The van der Waals surface area contributed by atoms with Crippen molar-refractivity contribution in [1.82, 2.24) is 15.2 Å². The Hall–Kier alpha value is -3.26. The molecular weight excluding hydrogens is 450 g/mol. The number of hydrazone groups is 1. The molecule has 2 aliphatic carbocycles. The number of rotatable bonds is 3. The van der Waals surface area contributed by atoms with Crippen LogP contribution < -0.4 is 5.43 Å². The van der Waals surface area contributed by atoms with Gasteiger partial charge in [-0.2, -0.15) is 5.10 Å². The molecular formula is C27H28F2N4O2. The Kier molecular flexibility index (Phi) is 5.36. The Balaban J connectivity index is 1.31. The fraction of sp³-hybridized carbons (Fsp3) is 0.407. The fourth-order valence-corrected chi connectivity index (χ4v) is 6.15. The summed E-state index contributed by atoms with van der Waals surface area (Å²) in [6.45, 7) is 2.36. The summed E-state index contributed by atoms with van der Waals surface area (Å²) in [5.41, 5.74) is 8.97. The van der Waals surface area contributed by atoms with Crippen molar-refractivity contribution < 1.29 is 18.7 Å². The summed E-state index contributed by atoms with van der Waals surface area (Å²) in [4.78, 5) is 15.7. The molecule has 1 fully saturated rings. The van der Waals surface area contributed by atoms with E-state index < -0.39 is 17.6 Å². The second-order valence-electron chi connectivity index (χ2n) is 10.1. The monoisotopic (exact) mass is 478 g/mol. The fourth-order valence-electron chi connectivity index (χ4n) is 6.15. The lowest BCUT2D eigenvalue weighted by Gasteiger charge is -2.38. The van der Waals surface area contributed by atoms with Crippen LogP contribution in [0.2, 0.25) is 0 Å². The summed E-state index contributed by atoms with van der Waals surface area (Å²) in [6, 6.07) is 1.65. The van der Waals surface area contributed by atoms with E-state index in [9.17, 15) is 14.3 Å². The van der Waals surface area contributed by atoms with Gasteiger partial charge in [0.15, 0.2) is 11.6 Å². The highest BCUT2D eigenvalue weighted by Gasteiger charge is 2.34. The zero-order valence-electron chi connectivity index (χ0n) is 19.7. The van der Waals surface area contributed by atoms with Gasteiger partial charge < -0.3 is 10.0 Å². The summed E-state index contributed by atoms with van der Waals surface area (Å²) in [5.74, 6) is -2.58. The number of allylic oxidation sites excluding steroid dienone is 2. The van der Waals surface area contributed by atoms with Crippen molar-refractivity contribution in [2.75, 3.05) is 26.7 Å². The van der Waals surface area contributed by atoms with E-state index in [0.29, 0.717) is 35.0 Å². The second kappa shape index (κ2) is 8.45. The molecule has 182 valence electrons. The number of fused-ring (bicyclic) bond motifs is 2. The molecule has 0 atom stereocenters. The maximum Gasteiger partial charge on any atom is 0.306 e. The van der Waals surface area contributed by atoms with E-state index in [1.54, 1.807) is 12.2 Å². The highest BCUT2D eigenvalue weighted by molar-refractivity contribution is 6.20. The molecule has 1 saturated carbocycles. The lowest BCUT2D eigenvalue weighted by Crippen LogP contribution is -2.42. The first-order valence-corrected chi connectivity index (χ1v) is 12.3. The van der Waals surface area contributed by atoms with Gasteiger partial charge in [-0.1, -0.05) is 12.2 Å². The molecule has 1 aromatic carbocycles. The van der Waals surface area contributed by atoms with E-state index in [4.69, 9.17) is 0 Å². The van der Waals surface area contributed by atoms with Gasteiger partial charge in [0.25, 0.3) is 0 Å². The molecule has 0 aromatic heterocycles. The number of halogens is 2. The van der Waals surface area contributed by atoms with Crippen molar-refractivity contribution in [3.63, 3.8) is 0 Å². The molecule has 0 saturated heterocycles. The van der Waals surface area contributed by atoms with Crippen molar-refractivity contribution in [1.29, 1.82) is 0 Å². The van der Waals surface area contributed by atoms with Gasteiger partial charge in [-0.3, -0.25) is 15.1 Å². The summed E-state index contributed by atoms with van der Waals surface area (Å²) >= 11 is 0. The van der Waals surface area contributed by atoms with Crippen LogP contribution in [-0.4, -0.2) is 59.3 Å². The van der Waals surface area contributed by atoms with E-state index in [1.165, 1.54) is 11.6 Å². The van der Waals surface area contributed by atoms with E-state index in [2.05, 4.69) is 21.5 Å². The van der Waals surface area contributed by atoms with Crippen molar-refractivity contribution in [3.8, 4) is 0 Å². The van der Waals surface area contributed by atoms with E-state index in [1.807, 2.05) is 18.1 Å². The van der Waals surface area contributed by atoms with Gasteiger partial charge >= 0.3 is 5.97 Å². The van der Waals surface area contributed by atoms with Crippen molar-refractivity contribution in [2.45, 2.75) is 38.1 Å². The van der Waals surface area contributed by atoms with E-state index in [-0.39, 0.29) is 11.5 Å². The van der Waals surface area contributed by atoms with Gasteiger partial charge in [0.1, 0.15) is 0 Å². The van der Waals surface area contributed by atoms with Crippen LogP contribution in [0, 0.1) is 17.6 Å². The minimum atomic E-state index is -0.855. The third-order valence-electron chi connectivity index (χ3n) is 8.00. The predicted octanol–water partition coefficient (Wildman–Crippen LogP) is 4.11. The summed E-state index contributed by atoms with van der Waals surface area (Å²) in [5, 5.41) is 13.8. The molecule has 35 heavy (non-hydrogen) atoms. The predicted molar refractivity (Wildman–Crippen MR) is 130 cm³/mol. The van der Waals surface area contributed by atoms with Crippen LogP contribution in [0.4, 0.5) is 8.78 Å². The molecule has 6 rings (SSSR count). The average Bonchev–Trinajstić information content (AvgIpc) is 3.17. The van der Waals surface area contributed by atoms with Gasteiger partial charge in [0, 0.05) is 61.2 Å². The van der Waals surface area contributed by atoms with Crippen LogP contribution in [0.25, 0.3) is 11.6 Å². The van der Waals surface area contributed by atoms with Crippen LogP contribution in [-0.2, 0) is 4.79 Å². The number of hydrogen-bond acceptors (Lipinski definition) is 5. The van der Waals surface area contributed by atoms with Crippen LogP contribution in [0.3, 0.4) is 0 Å². The molecule has 3 aliphatic heterocycles. The molecule has 5 aliphatic rings. The zero-order valence-corrected chi connectivity index (χ0v) is 19.7. The first-order chi connectivity index (χ1) is 16.9. The molecule has 0 bridgehead atoms. The van der Waals surface area contributed by atoms with Gasteiger partial charge in [-0.15, -0.1) is 0 Å². The van der Waals surface area contributed by atoms with Crippen molar-refractivity contribution >= 4 is 23.3 Å². The van der Waals surface area contributed by atoms with Gasteiger partial charge in [0.2, 0.25) is 0 Å². The minimum Gasteiger partial charge on any atom is -0.481 e. The Labute approximate surface area is 203 Å². The summed E-state index contributed by atoms with van der Waals surface area (Å²) in [6.07, 6.45) is 11.8. The molecule has 0 unspecified atom stereocenters. The van der Waals surface area contributed by atoms with Crippen molar-refractivity contribution in [2.24, 2.45) is 11.0 Å². The maximum atomic E-state index is 15.2. The third-order valence-corrected chi connectivity index (χ3v) is 8.00. The number of nitrogens with one attached hydrogen (secondary N) is 1. The number of carboxylic acids is 1. The molecule has 8 heteroatoms. The molecule has 0 amide bonds. The Morgan fingerprint density at radius 1 is 1.17 bits per heavy atom. The van der Waals surface area contributed by atoms with Crippen LogP contribution in [0.1, 0.15) is 48.8 Å². The maximum absolute atomic E-state index is 15.2. The summed E-state index contributed by atoms with van der Waals surface area (Å²) < 4.78 is 29.7. The van der Waals surface area contributed by atoms with E-state index >= 15 is 4.39 Å². The average molecular weight is 479 g/mol. The first kappa shape index (κ1) is 22.2. The van der Waals surface area contributed by atoms with Gasteiger partial charge in [0.05, 0.1) is 17.3 Å². The largest absolute Gasteiger partial charge is 0.481 e. The van der Waals surface area contributed by atoms with Crippen LogP contribution in [0.5, 0.6) is 0 Å². The lowest BCUT2D eigenvalue weighted by molar-refractivity contribution is -0.143.